The monoisotopic (exact) mass is 330 g/mol. The van der Waals surface area contributed by atoms with Crippen LogP contribution in [-0.4, -0.2) is 27.4 Å². The Morgan fingerprint density at radius 3 is 2.70 bits per heavy atom. The van der Waals surface area contributed by atoms with Gasteiger partial charge in [0.05, 0.1) is 42.7 Å². The Hall–Kier alpha value is -1.88. The summed E-state index contributed by atoms with van der Waals surface area (Å²) in [5.41, 5.74) is 2.97. The van der Waals surface area contributed by atoms with Gasteiger partial charge in [0, 0.05) is 5.02 Å². The quantitative estimate of drug-likeness (QED) is 0.747. The van der Waals surface area contributed by atoms with Crippen molar-refractivity contribution in [1.29, 1.82) is 0 Å². The molecule has 5 heteroatoms. The van der Waals surface area contributed by atoms with Crippen LogP contribution in [0.5, 0.6) is 0 Å². The number of aliphatic hydroxyl groups is 1. The van der Waals surface area contributed by atoms with E-state index >= 15 is 0 Å². The van der Waals surface area contributed by atoms with Gasteiger partial charge in [0.15, 0.2) is 0 Å². The largest absolute Gasteiger partial charge is 0.389 e. The molecule has 0 aliphatic heterocycles. The van der Waals surface area contributed by atoms with Crippen LogP contribution in [0.4, 0.5) is 0 Å². The number of aromatic nitrogens is 2. The molecular formula is C18H19ClN2O2. The van der Waals surface area contributed by atoms with Crippen molar-refractivity contribution in [1.82, 2.24) is 9.55 Å². The lowest BCUT2D eigenvalue weighted by Gasteiger charge is -2.17. The molecule has 0 aliphatic rings. The molecule has 0 amide bonds. The lowest BCUT2D eigenvalue weighted by molar-refractivity contribution is -0.00834. The number of aliphatic hydroxyl groups excluding tert-OH is 1. The summed E-state index contributed by atoms with van der Waals surface area (Å²) >= 11 is 5.88. The number of hydrogen-bond donors (Lipinski definition) is 1. The third-order valence-electron chi connectivity index (χ3n) is 3.81. The number of rotatable bonds is 6. The van der Waals surface area contributed by atoms with Gasteiger partial charge < -0.3 is 14.4 Å². The molecule has 0 fully saturated rings. The van der Waals surface area contributed by atoms with E-state index in [1.165, 1.54) is 0 Å². The maximum absolute atomic E-state index is 10.2. The Morgan fingerprint density at radius 2 is 1.91 bits per heavy atom. The minimum absolute atomic E-state index is 0.0959. The average molecular weight is 331 g/mol. The second-order valence-corrected chi connectivity index (χ2v) is 6.00. The number of para-hydroxylation sites is 2. The second-order valence-electron chi connectivity index (χ2n) is 5.57. The lowest BCUT2D eigenvalue weighted by atomic mass is 10.1. The first-order valence-corrected chi connectivity index (χ1v) is 7.96. The molecule has 0 saturated carbocycles. The van der Waals surface area contributed by atoms with Crippen molar-refractivity contribution in [3.63, 3.8) is 0 Å². The van der Waals surface area contributed by atoms with E-state index < -0.39 is 6.10 Å². The second kappa shape index (κ2) is 7.13. The van der Waals surface area contributed by atoms with Gasteiger partial charge in [-0.2, -0.15) is 0 Å². The third kappa shape index (κ3) is 3.91. The molecule has 1 heterocycles. The number of benzene rings is 2. The lowest BCUT2D eigenvalue weighted by Crippen LogP contribution is -2.22. The van der Waals surface area contributed by atoms with E-state index in [2.05, 4.69) is 4.98 Å². The standard InChI is InChI=1S/C18H19ClN2O2/c1-13(14-6-8-15(19)9-7-14)23-11-16(22)10-21-12-20-17-4-2-3-5-18(17)21/h2-9,12-13,16,22H,10-11H2,1H3/t13-,16+/m0/s1. The van der Waals surface area contributed by atoms with Crippen LogP contribution < -0.4 is 0 Å². The number of fused-ring (bicyclic) bond motifs is 1. The van der Waals surface area contributed by atoms with E-state index in [4.69, 9.17) is 16.3 Å². The summed E-state index contributed by atoms with van der Waals surface area (Å²) in [6, 6.07) is 15.4. The van der Waals surface area contributed by atoms with Gasteiger partial charge in [-0.3, -0.25) is 0 Å². The topological polar surface area (TPSA) is 47.3 Å². The van der Waals surface area contributed by atoms with Gasteiger partial charge in [-0.1, -0.05) is 35.9 Å². The van der Waals surface area contributed by atoms with Crippen molar-refractivity contribution >= 4 is 22.6 Å². The molecule has 1 N–H and O–H groups in total. The van der Waals surface area contributed by atoms with E-state index in [1.807, 2.05) is 60.0 Å². The van der Waals surface area contributed by atoms with Crippen LogP contribution in [0.2, 0.25) is 5.02 Å². The molecular weight excluding hydrogens is 312 g/mol. The van der Waals surface area contributed by atoms with Crippen molar-refractivity contribution in [3.8, 4) is 0 Å². The van der Waals surface area contributed by atoms with Gasteiger partial charge in [-0.25, -0.2) is 4.98 Å². The third-order valence-corrected chi connectivity index (χ3v) is 4.06. The van der Waals surface area contributed by atoms with Gasteiger partial charge >= 0.3 is 0 Å². The summed E-state index contributed by atoms with van der Waals surface area (Å²) in [5, 5.41) is 10.9. The highest BCUT2D eigenvalue weighted by molar-refractivity contribution is 6.30. The Kier molecular flexibility index (Phi) is 4.96. The van der Waals surface area contributed by atoms with Crippen LogP contribution in [0.1, 0.15) is 18.6 Å². The van der Waals surface area contributed by atoms with Gasteiger partial charge in [-0.15, -0.1) is 0 Å². The Balaban J connectivity index is 1.57. The number of halogens is 1. The molecule has 0 bridgehead atoms. The normalized spacial score (nSPS) is 14.0. The van der Waals surface area contributed by atoms with Crippen LogP contribution in [-0.2, 0) is 11.3 Å². The van der Waals surface area contributed by atoms with Crippen LogP contribution in [0.15, 0.2) is 54.9 Å². The first-order valence-electron chi connectivity index (χ1n) is 7.58. The Labute approximate surface area is 140 Å². The van der Waals surface area contributed by atoms with E-state index in [1.54, 1.807) is 6.33 Å². The van der Waals surface area contributed by atoms with E-state index in [-0.39, 0.29) is 12.7 Å². The summed E-state index contributed by atoms with van der Waals surface area (Å²) < 4.78 is 7.70. The smallest absolute Gasteiger partial charge is 0.0959 e. The zero-order chi connectivity index (χ0) is 16.2. The highest BCUT2D eigenvalue weighted by Crippen LogP contribution is 2.19. The molecule has 0 radical (unpaired) electrons. The van der Waals surface area contributed by atoms with Gasteiger partial charge in [0.25, 0.3) is 0 Å². The predicted molar refractivity (Wildman–Crippen MR) is 91.6 cm³/mol. The van der Waals surface area contributed by atoms with E-state index in [9.17, 15) is 5.11 Å². The van der Waals surface area contributed by atoms with Crippen LogP contribution in [0.3, 0.4) is 0 Å². The van der Waals surface area contributed by atoms with Crippen molar-refractivity contribution < 1.29 is 9.84 Å². The number of imidazole rings is 1. The molecule has 2 atom stereocenters. The number of ether oxygens (including phenoxy) is 1. The summed E-state index contributed by atoms with van der Waals surface area (Å²) in [6.45, 7) is 2.67. The molecule has 120 valence electrons. The minimum Gasteiger partial charge on any atom is -0.389 e. The molecule has 3 rings (SSSR count). The molecule has 2 aromatic carbocycles. The van der Waals surface area contributed by atoms with E-state index in [0.717, 1.165) is 16.6 Å². The van der Waals surface area contributed by atoms with Crippen molar-refractivity contribution in [3.05, 3.63) is 65.4 Å². The molecule has 0 unspecified atom stereocenters. The molecule has 0 aliphatic carbocycles. The summed E-state index contributed by atoms with van der Waals surface area (Å²) in [5.74, 6) is 0. The van der Waals surface area contributed by atoms with Crippen LogP contribution in [0, 0.1) is 0 Å². The minimum atomic E-state index is -0.595. The summed E-state index contributed by atoms with van der Waals surface area (Å²) in [6.07, 6.45) is 1.06. The fraction of sp³-hybridized carbons (Fsp3) is 0.278. The first-order chi connectivity index (χ1) is 11.1. The van der Waals surface area contributed by atoms with E-state index in [0.29, 0.717) is 11.6 Å². The Bertz CT molecular complexity index is 770. The molecule has 3 aromatic rings. The fourth-order valence-corrected chi connectivity index (χ4v) is 2.65. The maximum atomic E-state index is 10.2. The maximum Gasteiger partial charge on any atom is 0.0959 e. The Morgan fingerprint density at radius 1 is 1.17 bits per heavy atom. The van der Waals surface area contributed by atoms with Crippen molar-refractivity contribution in [2.24, 2.45) is 0 Å². The van der Waals surface area contributed by atoms with Crippen molar-refractivity contribution in [2.75, 3.05) is 6.61 Å². The fourth-order valence-electron chi connectivity index (χ4n) is 2.52. The average Bonchev–Trinajstić information content (AvgIpc) is 2.96. The summed E-state index contributed by atoms with van der Waals surface area (Å²) in [7, 11) is 0. The highest BCUT2D eigenvalue weighted by Gasteiger charge is 2.12. The summed E-state index contributed by atoms with van der Waals surface area (Å²) in [4.78, 5) is 4.32. The number of nitrogens with zero attached hydrogens (tertiary/aromatic N) is 2. The zero-order valence-corrected chi connectivity index (χ0v) is 13.6. The van der Waals surface area contributed by atoms with Crippen molar-refractivity contribution in [2.45, 2.75) is 25.7 Å². The van der Waals surface area contributed by atoms with Crippen LogP contribution in [0.25, 0.3) is 11.0 Å². The van der Waals surface area contributed by atoms with Crippen LogP contribution >= 0.6 is 11.6 Å². The molecule has 1 aromatic heterocycles. The first kappa shape index (κ1) is 16.0. The highest BCUT2D eigenvalue weighted by atomic mass is 35.5. The molecule has 0 saturated heterocycles. The van der Waals surface area contributed by atoms with Gasteiger partial charge in [-0.05, 0) is 36.8 Å². The molecule has 0 spiro atoms. The van der Waals surface area contributed by atoms with Gasteiger partial charge in [0.2, 0.25) is 0 Å². The molecule has 4 nitrogen and oxygen atoms in total. The van der Waals surface area contributed by atoms with Gasteiger partial charge in [0.1, 0.15) is 0 Å². The SMILES string of the molecule is C[C@H](OC[C@H](O)Cn1cnc2ccccc21)c1ccc(Cl)cc1. The number of hydrogen-bond acceptors (Lipinski definition) is 3. The predicted octanol–water partition coefficient (Wildman–Crippen LogP) is 3.83. The zero-order valence-electron chi connectivity index (χ0n) is 12.9. The molecule has 23 heavy (non-hydrogen) atoms.